The van der Waals surface area contributed by atoms with Crippen molar-refractivity contribution in [3.63, 3.8) is 0 Å². The fourth-order valence-corrected chi connectivity index (χ4v) is 3.18. The highest BCUT2D eigenvalue weighted by Gasteiger charge is 2.31. The van der Waals surface area contributed by atoms with Gasteiger partial charge in [0.25, 0.3) is 5.91 Å². The Bertz CT molecular complexity index is 811. The van der Waals surface area contributed by atoms with Crippen LogP contribution in [0.3, 0.4) is 0 Å². The smallest absolute Gasteiger partial charge is 0.276 e. The van der Waals surface area contributed by atoms with Crippen LogP contribution in [0, 0.1) is 0 Å². The van der Waals surface area contributed by atoms with Gasteiger partial charge in [-0.25, -0.2) is 0 Å². The molecule has 1 aromatic carbocycles. The molecule has 4 rings (SSSR count). The molecule has 0 spiro atoms. The van der Waals surface area contributed by atoms with E-state index in [0.717, 1.165) is 24.9 Å². The molecule has 6 heteroatoms. The van der Waals surface area contributed by atoms with Crippen LogP contribution in [0.4, 0.5) is 0 Å². The van der Waals surface area contributed by atoms with Crippen molar-refractivity contribution in [2.45, 2.75) is 25.4 Å². The molecule has 1 fully saturated rings. The van der Waals surface area contributed by atoms with Crippen molar-refractivity contribution in [1.29, 1.82) is 0 Å². The van der Waals surface area contributed by atoms with Crippen molar-refractivity contribution in [2.75, 3.05) is 6.54 Å². The highest BCUT2D eigenvalue weighted by Crippen LogP contribution is 2.24. The van der Waals surface area contributed by atoms with Gasteiger partial charge in [-0.05, 0) is 18.9 Å². The summed E-state index contributed by atoms with van der Waals surface area (Å²) in [5, 5.41) is 8.21. The number of likely N-dealkylation sites (tertiary alicyclic amines) is 1. The average Bonchev–Trinajstić information content (AvgIpc) is 3.37. The Morgan fingerprint density at radius 2 is 2.12 bits per heavy atom. The number of carbonyl (C=O) groups excluding carboxylic acids is 1. The van der Waals surface area contributed by atoms with E-state index in [9.17, 15) is 4.79 Å². The van der Waals surface area contributed by atoms with Gasteiger partial charge >= 0.3 is 0 Å². The van der Waals surface area contributed by atoms with Crippen LogP contribution < -0.4 is 0 Å². The van der Waals surface area contributed by atoms with Crippen LogP contribution in [-0.2, 0) is 6.54 Å². The second-order valence-electron chi connectivity index (χ2n) is 5.97. The van der Waals surface area contributed by atoms with Crippen molar-refractivity contribution < 1.29 is 9.32 Å². The Morgan fingerprint density at radius 1 is 1.25 bits per heavy atom. The number of nitrogens with zero attached hydrogens (tertiary/aromatic N) is 4. The molecule has 3 aromatic rings. The molecular formula is C18H18N4O2. The molecule has 1 saturated heterocycles. The van der Waals surface area contributed by atoms with E-state index >= 15 is 0 Å². The van der Waals surface area contributed by atoms with Crippen molar-refractivity contribution in [3.05, 3.63) is 60.6 Å². The maximum absolute atomic E-state index is 12.8. The maximum Gasteiger partial charge on any atom is 0.276 e. The van der Waals surface area contributed by atoms with Crippen LogP contribution in [-0.4, -0.2) is 38.3 Å². The average molecular weight is 322 g/mol. The van der Waals surface area contributed by atoms with E-state index in [2.05, 4.69) is 10.3 Å². The van der Waals surface area contributed by atoms with E-state index in [1.807, 2.05) is 52.2 Å². The summed E-state index contributed by atoms with van der Waals surface area (Å²) in [6.45, 7) is 1.46. The number of amides is 1. The molecule has 2 aromatic heterocycles. The lowest BCUT2D eigenvalue weighted by Gasteiger charge is -2.23. The predicted octanol–water partition coefficient (Wildman–Crippen LogP) is 2.84. The zero-order valence-electron chi connectivity index (χ0n) is 13.2. The lowest BCUT2D eigenvalue weighted by molar-refractivity contribution is 0.0711. The van der Waals surface area contributed by atoms with E-state index < -0.39 is 0 Å². The van der Waals surface area contributed by atoms with E-state index in [1.54, 1.807) is 12.3 Å². The Morgan fingerprint density at radius 3 is 2.92 bits per heavy atom. The summed E-state index contributed by atoms with van der Waals surface area (Å²) in [4.78, 5) is 14.7. The van der Waals surface area contributed by atoms with Crippen LogP contribution in [0.2, 0.25) is 0 Å². The Balaban J connectivity index is 1.52. The molecule has 0 N–H and O–H groups in total. The second kappa shape index (κ2) is 6.31. The molecule has 3 heterocycles. The van der Waals surface area contributed by atoms with E-state index in [1.165, 1.54) is 0 Å². The highest BCUT2D eigenvalue weighted by atomic mass is 16.5. The van der Waals surface area contributed by atoms with Gasteiger partial charge < -0.3 is 9.42 Å². The standard InChI is InChI=1S/C18H18N4O2/c23-18(16-12-17(24-20-16)14-6-2-1-3-7-14)22-11-4-8-15(22)13-21-10-5-9-19-21/h1-3,5-7,9-10,12,15H,4,8,11,13H2/t15-/m0/s1. The molecule has 24 heavy (non-hydrogen) atoms. The Hall–Kier alpha value is -2.89. The highest BCUT2D eigenvalue weighted by molar-refractivity contribution is 5.93. The van der Waals surface area contributed by atoms with Crippen LogP contribution in [0.1, 0.15) is 23.3 Å². The summed E-state index contributed by atoms with van der Waals surface area (Å²) < 4.78 is 7.23. The lowest BCUT2D eigenvalue weighted by atomic mass is 10.1. The first-order chi connectivity index (χ1) is 11.8. The van der Waals surface area contributed by atoms with E-state index in [-0.39, 0.29) is 11.9 Å². The zero-order chi connectivity index (χ0) is 16.4. The van der Waals surface area contributed by atoms with Gasteiger partial charge in [0.1, 0.15) is 0 Å². The molecule has 1 amide bonds. The van der Waals surface area contributed by atoms with E-state index in [4.69, 9.17) is 4.52 Å². The summed E-state index contributed by atoms with van der Waals surface area (Å²) in [7, 11) is 0. The molecule has 0 aliphatic carbocycles. The minimum atomic E-state index is -0.0735. The summed E-state index contributed by atoms with van der Waals surface area (Å²) in [5.41, 5.74) is 1.28. The summed E-state index contributed by atoms with van der Waals surface area (Å²) >= 11 is 0. The molecule has 1 aliphatic heterocycles. The number of rotatable bonds is 4. The molecule has 1 aliphatic rings. The van der Waals surface area contributed by atoms with Crippen LogP contribution >= 0.6 is 0 Å². The third kappa shape index (κ3) is 2.82. The minimum absolute atomic E-state index is 0.0735. The number of aromatic nitrogens is 3. The number of hydrogen-bond acceptors (Lipinski definition) is 4. The largest absolute Gasteiger partial charge is 0.355 e. The first-order valence-electron chi connectivity index (χ1n) is 8.12. The van der Waals surface area contributed by atoms with Crippen LogP contribution in [0.5, 0.6) is 0 Å². The van der Waals surface area contributed by atoms with Crippen LogP contribution in [0.15, 0.2) is 59.4 Å². The SMILES string of the molecule is O=C(c1cc(-c2ccccc2)on1)N1CCC[C@H]1Cn1cccn1. The number of hydrogen-bond donors (Lipinski definition) is 0. The van der Waals surface area contributed by atoms with Gasteiger partial charge in [-0.3, -0.25) is 9.48 Å². The number of carbonyl (C=O) groups is 1. The molecule has 0 saturated carbocycles. The third-order valence-corrected chi connectivity index (χ3v) is 4.38. The molecule has 0 unspecified atom stereocenters. The number of benzene rings is 1. The van der Waals surface area contributed by atoms with Gasteiger partial charge in [0, 0.05) is 30.6 Å². The van der Waals surface area contributed by atoms with Crippen molar-refractivity contribution in [3.8, 4) is 11.3 Å². The first kappa shape index (κ1) is 14.7. The van der Waals surface area contributed by atoms with Gasteiger partial charge in [-0.2, -0.15) is 5.10 Å². The second-order valence-corrected chi connectivity index (χ2v) is 5.97. The fraction of sp³-hybridized carbons (Fsp3) is 0.278. The Kier molecular flexibility index (Phi) is 3.86. The fourth-order valence-electron chi connectivity index (χ4n) is 3.18. The van der Waals surface area contributed by atoms with Crippen molar-refractivity contribution >= 4 is 5.91 Å². The minimum Gasteiger partial charge on any atom is -0.355 e. The molecule has 6 nitrogen and oxygen atoms in total. The first-order valence-corrected chi connectivity index (χ1v) is 8.12. The van der Waals surface area contributed by atoms with Crippen molar-refractivity contribution in [2.24, 2.45) is 0 Å². The maximum atomic E-state index is 12.8. The predicted molar refractivity (Wildman–Crippen MR) is 88.2 cm³/mol. The van der Waals surface area contributed by atoms with Gasteiger partial charge in [-0.15, -0.1) is 0 Å². The topological polar surface area (TPSA) is 64.2 Å². The van der Waals surface area contributed by atoms with Gasteiger partial charge in [0.05, 0.1) is 12.6 Å². The Labute approximate surface area is 139 Å². The van der Waals surface area contributed by atoms with Crippen LogP contribution in [0.25, 0.3) is 11.3 Å². The van der Waals surface area contributed by atoms with Gasteiger partial charge in [0.15, 0.2) is 11.5 Å². The third-order valence-electron chi connectivity index (χ3n) is 4.38. The van der Waals surface area contributed by atoms with Gasteiger partial charge in [-0.1, -0.05) is 35.5 Å². The molecular weight excluding hydrogens is 304 g/mol. The molecule has 122 valence electrons. The quantitative estimate of drug-likeness (QED) is 0.741. The molecule has 0 radical (unpaired) electrons. The molecule has 0 bridgehead atoms. The summed E-state index contributed by atoms with van der Waals surface area (Å²) in [5.74, 6) is 0.539. The lowest BCUT2D eigenvalue weighted by Crippen LogP contribution is -2.38. The molecule has 1 atom stereocenters. The van der Waals surface area contributed by atoms with Crippen molar-refractivity contribution in [1.82, 2.24) is 19.8 Å². The summed E-state index contributed by atoms with van der Waals surface area (Å²) in [6, 6.07) is 13.4. The zero-order valence-corrected chi connectivity index (χ0v) is 13.2. The normalized spacial score (nSPS) is 17.3. The van der Waals surface area contributed by atoms with E-state index in [0.29, 0.717) is 18.0 Å². The monoisotopic (exact) mass is 322 g/mol. The van der Waals surface area contributed by atoms with Gasteiger partial charge in [0.2, 0.25) is 0 Å². The summed E-state index contributed by atoms with van der Waals surface area (Å²) in [6.07, 6.45) is 5.66.